The average molecular weight is 274 g/mol. The first-order chi connectivity index (χ1) is 9.06. The third-order valence-electron chi connectivity index (χ3n) is 2.86. The van der Waals surface area contributed by atoms with Gasteiger partial charge in [0.1, 0.15) is 5.82 Å². The van der Waals surface area contributed by atoms with E-state index in [2.05, 4.69) is 15.2 Å². The first-order valence-corrected chi connectivity index (χ1v) is 6.41. The molecular weight excluding hydrogens is 264 g/mol. The number of Topliss-reactive ketones (excluding diaryl/α,β-unsaturated/α-hetero) is 1. The molecule has 1 aliphatic rings. The first kappa shape index (κ1) is 11.9. The molecule has 1 N–H and O–H groups in total. The summed E-state index contributed by atoms with van der Waals surface area (Å²) in [7, 11) is 1.59. The van der Waals surface area contributed by atoms with Crippen molar-refractivity contribution in [3.8, 4) is 0 Å². The summed E-state index contributed by atoms with van der Waals surface area (Å²) in [5.74, 6) is -0.209. The molecular formula is C12H10N4O2S. The number of anilines is 1. The van der Waals surface area contributed by atoms with Crippen LogP contribution in [0.25, 0.3) is 0 Å². The summed E-state index contributed by atoms with van der Waals surface area (Å²) in [5.41, 5.74) is 1.08. The molecule has 1 aromatic heterocycles. The number of ketones is 1. The van der Waals surface area contributed by atoms with Crippen molar-refractivity contribution in [3.63, 3.8) is 0 Å². The number of carbonyl (C=O) groups is 2. The van der Waals surface area contributed by atoms with Gasteiger partial charge in [0.15, 0.2) is 0 Å². The molecule has 0 saturated carbocycles. The van der Waals surface area contributed by atoms with E-state index in [0.717, 1.165) is 10.7 Å². The highest BCUT2D eigenvalue weighted by atomic mass is 32.2. The van der Waals surface area contributed by atoms with Gasteiger partial charge in [-0.2, -0.15) is 0 Å². The molecule has 0 radical (unpaired) electrons. The summed E-state index contributed by atoms with van der Waals surface area (Å²) in [5, 5.41) is 7.40. The second kappa shape index (κ2) is 4.20. The van der Waals surface area contributed by atoms with Gasteiger partial charge >= 0.3 is 0 Å². The Hall–Kier alpha value is -2.15. The standard InChI is InChI=1S/C12H10N4O2S/c1-6-13-12(15-14-6)19-7-3-4-8-9(5-7)16(2)11(18)10(8)17/h3-5H,1-2H3,(H,13,14,15). The molecule has 96 valence electrons. The zero-order valence-electron chi connectivity index (χ0n) is 10.3. The number of nitrogens with zero attached hydrogens (tertiary/aromatic N) is 3. The molecule has 19 heavy (non-hydrogen) atoms. The largest absolute Gasteiger partial charge is 0.308 e. The Labute approximate surface area is 113 Å². The molecule has 1 aromatic carbocycles. The molecule has 2 heterocycles. The van der Waals surface area contributed by atoms with E-state index in [1.807, 2.05) is 6.92 Å². The van der Waals surface area contributed by atoms with Crippen LogP contribution in [0.1, 0.15) is 16.2 Å². The molecule has 0 bridgehead atoms. The van der Waals surface area contributed by atoms with E-state index in [9.17, 15) is 9.59 Å². The van der Waals surface area contributed by atoms with E-state index in [1.54, 1.807) is 25.2 Å². The van der Waals surface area contributed by atoms with E-state index in [1.165, 1.54) is 16.7 Å². The normalized spacial score (nSPS) is 14.1. The third kappa shape index (κ3) is 1.91. The Morgan fingerprint density at radius 2 is 2.11 bits per heavy atom. The third-order valence-corrected chi connectivity index (χ3v) is 3.71. The molecule has 2 aromatic rings. The minimum atomic E-state index is -0.495. The summed E-state index contributed by atoms with van der Waals surface area (Å²) < 4.78 is 0. The number of amides is 1. The number of H-pyrrole nitrogens is 1. The molecule has 0 fully saturated rings. The lowest BCUT2D eigenvalue weighted by atomic mass is 10.1. The molecule has 0 spiro atoms. The van der Waals surface area contributed by atoms with E-state index in [0.29, 0.717) is 16.4 Å². The number of likely N-dealkylation sites (N-methyl/N-ethyl adjacent to an activating group) is 1. The fraction of sp³-hybridized carbons (Fsp3) is 0.167. The first-order valence-electron chi connectivity index (χ1n) is 5.59. The van der Waals surface area contributed by atoms with Crippen molar-refractivity contribution in [1.82, 2.24) is 15.2 Å². The summed E-state index contributed by atoms with van der Waals surface area (Å²) >= 11 is 1.38. The number of benzene rings is 1. The molecule has 3 rings (SSSR count). The number of hydrogen-bond acceptors (Lipinski definition) is 5. The fourth-order valence-corrected chi connectivity index (χ4v) is 2.69. The summed E-state index contributed by atoms with van der Waals surface area (Å²) in [6.07, 6.45) is 0. The topological polar surface area (TPSA) is 79.0 Å². The van der Waals surface area contributed by atoms with Crippen molar-refractivity contribution < 1.29 is 9.59 Å². The van der Waals surface area contributed by atoms with Crippen LogP contribution in [0.5, 0.6) is 0 Å². The minimum Gasteiger partial charge on any atom is -0.308 e. The highest BCUT2D eigenvalue weighted by Crippen LogP contribution is 2.33. The molecule has 1 aliphatic heterocycles. The highest BCUT2D eigenvalue weighted by molar-refractivity contribution is 7.99. The molecule has 7 heteroatoms. The lowest BCUT2D eigenvalue weighted by Gasteiger charge is -2.09. The van der Waals surface area contributed by atoms with Crippen molar-refractivity contribution in [2.45, 2.75) is 17.0 Å². The summed E-state index contributed by atoms with van der Waals surface area (Å²) in [6, 6.07) is 5.26. The number of rotatable bonds is 2. The smallest absolute Gasteiger partial charge is 0.299 e. The highest BCUT2D eigenvalue weighted by Gasteiger charge is 2.33. The SMILES string of the molecule is Cc1nc(Sc2ccc3c(c2)N(C)C(=O)C3=O)n[nH]1. The van der Waals surface area contributed by atoms with Crippen LogP contribution >= 0.6 is 11.8 Å². The molecule has 0 unspecified atom stereocenters. The van der Waals surface area contributed by atoms with Gasteiger partial charge in [-0.1, -0.05) is 0 Å². The average Bonchev–Trinajstić information content (AvgIpc) is 2.89. The van der Waals surface area contributed by atoms with E-state index in [-0.39, 0.29) is 0 Å². The predicted molar refractivity (Wildman–Crippen MR) is 69.4 cm³/mol. The number of nitrogens with one attached hydrogen (secondary N) is 1. The van der Waals surface area contributed by atoms with Gasteiger partial charge in [-0.15, -0.1) is 5.10 Å². The number of aromatic amines is 1. The Balaban J connectivity index is 1.95. The van der Waals surface area contributed by atoms with Crippen LogP contribution in [-0.2, 0) is 4.79 Å². The van der Waals surface area contributed by atoms with Crippen LogP contribution in [0.3, 0.4) is 0 Å². The molecule has 6 nitrogen and oxygen atoms in total. The van der Waals surface area contributed by atoms with Gasteiger partial charge in [0.05, 0.1) is 11.3 Å². The molecule has 1 amide bonds. The van der Waals surface area contributed by atoms with E-state index in [4.69, 9.17) is 0 Å². The zero-order chi connectivity index (χ0) is 13.6. The Morgan fingerprint density at radius 3 is 2.79 bits per heavy atom. The molecule has 0 saturated heterocycles. The second-order valence-corrected chi connectivity index (χ2v) is 5.22. The van der Waals surface area contributed by atoms with Crippen LogP contribution < -0.4 is 4.90 Å². The lowest BCUT2D eigenvalue weighted by Crippen LogP contribution is -2.24. The lowest BCUT2D eigenvalue weighted by molar-refractivity contribution is -0.114. The second-order valence-electron chi connectivity index (χ2n) is 4.18. The molecule has 0 atom stereocenters. The van der Waals surface area contributed by atoms with Gasteiger partial charge in [-0.25, -0.2) is 4.98 Å². The number of aryl methyl sites for hydroxylation is 1. The van der Waals surface area contributed by atoms with Gasteiger partial charge in [0.2, 0.25) is 5.16 Å². The van der Waals surface area contributed by atoms with Crippen LogP contribution in [0, 0.1) is 6.92 Å². The summed E-state index contributed by atoms with van der Waals surface area (Å²) in [4.78, 5) is 29.7. The number of hydrogen-bond donors (Lipinski definition) is 1. The van der Waals surface area contributed by atoms with Crippen molar-refractivity contribution in [3.05, 3.63) is 29.6 Å². The van der Waals surface area contributed by atoms with Gasteiger partial charge in [0, 0.05) is 11.9 Å². The maximum absolute atomic E-state index is 11.7. The molecule has 0 aliphatic carbocycles. The number of aromatic nitrogens is 3. The zero-order valence-corrected chi connectivity index (χ0v) is 11.1. The van der Waals surface area contributed by atoms with Crippen molar-refractivity contribution in [2.24, 2.45) is 0 Å². The van der Waals surface area contributed by atoms with Crippen LogP contribution in [0.15, 0.2) is 28.3 Å². The summed E-state index contributed by atoms with van der Waals surface area (Å²) in [6.45, 7) is 1.82. The van der Waals surface area contributed by atoms with Gasteiger partial charge in [0.25, 0.3) is 11.7 Å². The Bertz CT molecular complexity index is 695. The number of fused-ring (bicyclic) bond motifs is 1. The minimum absolute atomic E-state index is 0.447. The van der Waals surface area contributed by atoms with Crippen molar-refractivity contribution >= 4 is 29.1 Å². The Kier molecular flexibility index (Phi) is 2.63. The quantitative estimate of drug-likeness (QED) is 0.838. The maximum Gasteiger partial charge on any atom is 0.299 e. The van der Waals surface area contributed by atoms with Gasteiger partial charge in [-0.3, -0.25) is 14.7 Å². The van der Waals surface area contributed by atoms with Crippen molar-refractivity contribution in [1.29, 1.82) is 0 Å². The van der Waals surface area contributed by atoms with Crippen LogP contribution in [-0.4, -0.2) is 33.9 Å². The Morgan fingerprint density at radius 1 is 1.32 bits per heavy atom. The van der Waals surface area contributed by atoms with E-state index < -0.39 is 11.7 Å². The maximum atomic E-state index is 11.7. The van der Waals surface area contributed by atoms with Crippen molar-refractivity contribution in [2.75, 3.05) is 11.9 Å². The monoisotopic (exact) mass is 274 g/mol. The van der Waals surface area contributed by atoms with Gasteiger partial charge in [-0.05, 0) is 36.9 Å². The van der Waals surface area contributed by atoms with Crippen LogP contribution in [0.4, 0.5) is 5.69 Å². The fourth-order valence-electron chi connectivity index (χ4n) is 1.89. The van der Waals surface area contributed by atoms with Crippen LogP contribution in [0.2, 0.25) is 0 Å². The van der Waals surface area contributed by atoms with E-state index >= 15 is 0 Å². The number of carbonyl (C=O) groups excluding carboxylic acids is 2. The van der Waals surface area contributed by atoms with Gasteiger partial charge < -0.3 is 4.90 Å². The predicted octanol–water partition coefficient (Wildman–Crippen LogP) is 1.42.